The molecule has 0 radical (unpaired) electrons. The first kappa shape index (κ1) is 16.6. The molecule has 1 unspecified atom stereocenters. The lowest BCUT2D eigenvalue weighted by Gasteiger charge is -2.35. The number of nitrogens with zero attached hydrogens (tertiary/aromatic N) is 5. The van der Waals surface area contributed by atoms with Crippen LogP contribution in [0.1, 0.15) is 6.42 Å². The fourth-order valence-electron chi connectivity index (χ4n) is 3.27. The molecular formula is C16H23N5O3. The molecule has 8 nitrogen and oxygen atoms in total. The van der Waals surface area contributed by atoms with E-state index in [1.165, 1.54) is 10.7 Å². The summed E-state index contributed by atoms with van der Waals surface area (Å²) in [6, 6.07) is 3.14. The number of hydrogen-bond donors (Lipinski definition) is 0. The van der Waals surface area contributed by atoms with Crippen LogP contribution in [-0.4, -0.2) is 82.6 Å². The van der Waals surface area contributed by atoms with Crippen LogP contribution in [0.4, 0.5) is 0 Å². The van der Waals surface area contributed by atoms with Gasteiger partial charge in [-0.25, -0.2) is 4.68 Å². The maximum absolute atomic E-state index is 12.5. The van der Waals surface area contributed by atoms with Gasteiger partial charge in [-0.3, -0.25) is 19.3 Å². The van der Waals surface area contributed by atoms with Gasteiger partial charge in [0.1, 0.15) is 0 Å². The molecule has 3 rings (SSSR count). The number of hydrogen-bond acceptors (Lipinski definition) is 5. The minimum Gasteiger partial charge on any atom is -0.345 e. The Morgan fingerprint density at radius 1 is 1.21 bits per heavy atom. The summed E-state index contributed by atoms with van der Waals surface area (Å²) in [6.45, 7) is 4.72. The molecule has 0 aromatic carbocycles. The highest BCUT2D eigenvalue weighted by atomic mass is 16.2. The van der Waals surface area contributed by atoms with Crippen LogP contribution >= 0.6 is 0 Å². The van der Waals surface area contributed by atoms with Crippen LogP contribution in [0.15, 0.2) is 23.1 Å². The van der Waals surface area contributed by atoms with Crippen molar-refractivity contribution in [3.8, 4) is 0 Å². The van der Waals surface area contributed by atoms with Gasteiger partial charge in [0.2, 0.25) is 11.8 Å². The van der Waals surface area contributed by atoms with Gasteiger partial charge in [-0.1, -0.05) is 0 Å². The van der Waals surface area contributed by atoms with E-state index in [0.29, 0.717) is 32.6 Å². The molecule has 1 atom stereocenters. The molecule has 0 bridgehead atoms. The second kappa shape index (κ2) is 7.12. The minimum atomic E-state index is -0.193. The normalized spacial score (nSPS) is 22.2. The summed E-state index contributed by atoms with van der Waals surface area (Å²) in [5.74, 6) is -0.0535. The summed E-state index contributed by atoms with van der Waals surface area (Å²) in [5.41, 5.74) is -0.0960. The lowest BCUT2D eigenvalue weighted by molar-refractivity contribution is -0.137. The fraction of sp³-hybridized carbons (Fsp3) is 0.625. The van der Waals surface area contributed by atoms with E-state index in [9.17, 15) is 14.4 Å². The summed E-state index contributed by atoms with van der Waals surface area (Å²) < 4.78 is 1.46. The number of carbonyl (C=O) groups is 2. The highest BCUT2D eigenvalue weighted by Gasteiger charge is 2.35. The highest BCUT2D eigenvalue weighted by Crippen LogP contribution is 2.19. The molecule has 2 amide bonds. The van der Waals surface area contributed by atoms with Crippen molar-refractivity contribution in [2.24, 2.45) is 5.92 Å². The first-order chi connectivity index (χ1) is 11.5. The molecule has 130 valence electrons. The van der Waals surface area contributed by atoms with Crippen molar-refractivity contribution >= 4 is 11.8 Å². The van der Waals surface area contributed by atoms with Gasteiger partial charge in [0.05, 0.1) is 12.5 Å². The quantitative estimate of drug-likeness (QED) is 0.696. The SMILES string of the molecule is CN1CC(C(=O)N2CCN(CCn3ncccc3=O)CC2)CC1=O. The second-order valence-corrected chi connectivity index (χ2v) is 6.43. The number of rotatable bonds is 4. The molecule has 2 aliphatic rings. The summed E-state index contributed by atoms with van der Waals surface area (Å²) in [6.07, 6.45) is 1.94. The Morgan fingerprint density at radius 2 is 1.96 bits per heavy atom. The van der Waals surface area contributed by atoms with Gasteiger partial charge in [0.25, 0.3) is 5.56 Å². The van der Waals surface area contributed by atoms with Crippen molar-refractivity contribution < 1.29 is 9.59 Å². The van der Waals surface area contributed by atoms with Gasteiger partial charge in [-0.15, -0.1) is 0 Å². The van der Waals surface area contributed by atoms with Crippen LogP contribution in [0.5, 0.6) is 0 Å². The zero-order valence-electron chi connectivity index (χ0n) is 13.9. The van der Waals surface area contributed by atoms with Gasteiger partial charge in [-0.2, -0.15) is 5.10 Å². The molecule has 0 aliphatic carbocycles. The van der Waals surface area contributed by atoms with Crippen LogP contribution in [0.2, 0.25) is 0 Å². The van der Waals surface area contributed by atoms with Gasteiger partial charge in [0, 0.05) is 65.0 Å². The maximum Gasteiger partial charge on any atom is 0.266 e. The smallest absolute Gasteiger partial charge is 0.266 e. The second-order valence-electron chi connectivity index (χ2n) is 6.43. The number of piperazine rings is 1. The van der Waals surface area contributed by atoms with Crippen LogP contribution in [0.25, 0.3) is 0 Å². The zero-order chi connectivity index (χ0) is 17.1. The largest absolute Gasteiger partial charge is 0.345 e. The predicted molar refractivity (Wildman–Crippen MR) is 87.3 cm³/mol. The Kier molecular flexibility index (Phi) is 4.94. The molecule has 24 heavy (non-hydrogen) atoms. The summed E-state index contributed by atoms with van der Waals surface area (Å²) >= 11 is 0. The van der Waals surface area contributed by atoms with E-state index in [2.05, 4.69) is 10.00 Å². The lowest BCUT2D eigenvalue weighted by atomic mass is 10.1. The third-order valence-corrected chi connectivity index (χ3v) is 4.79. The molecule has 0 N–H and O–H groups in total. The molecule has 2 fully saturated rings. The van der Waals surface area contributed by atoms with Crippen LogP contribution in [0.3, 0.4) is 0 Å². The van der Waals surface area contributed by atoms with Crippen LogP contribution in [-0.2, 0) is 16.1 Å². The predicted octanol–water partition coefficient (Wildman–Crippen LogP) is -1.13. The Labute approximate surface area is 140 Å². The van der Waals surface area contributed by atoms with E-state index in [4.69, 9.17) is 0 Å². The number of aromatic nitrogens is 2. The third kappa shape index (κ3) is 3.64. The molecule has 2 saturated heterocycles. The Morgan fingerprint density at radius 3 is 2.58 bits per heavy atom. The van der Waals surface area contributed by atoms with Crippen LogP contribution < -0.4 is 5.56 Å². The zero-order valence-corrected chi connectivity index (χ0v) is 13.9. The maximum atomic E-state index is 12.5. The topological polar surface area (TPSA) is 78.8 Å². The van der Waals surface area contributed by atoms with Crippen molar-refractivity contribution in [1.29, 1.82) is 0 Å². The van der Waals surface area contributed by atoms with Crippen molar-refractivity contribution in [2.45, 2.75) is 13.0 Å². The molecular weight excluding hydrogens is 310 g/mol. The Hall–Kier alpha value is -2.22. The fourth-order valence-corrected chi connectivity index (χ4v) is 3.27. The Bertz CT molecular complexity index is 666. The minimum absolute atomic E-state index is 0.0489. The molecule has 1 aromatic rings. The average Bonchev–Trinajstić information content (AvgIpc) is 2.93. The van der Waals surface area contributed by atoms with E-state index < -0.39 is 0 Å². The summed E-state index contributed by atoms with van der Waals surface area (Å²) in [4.78, 5) is 41.4. The number of carbonyl (C=O) groups excluding carboxylic acids is 2. The number of amides is 2. The van der Waals surface area contributed by atoms with E-state index in [1.807, 2.05) is 4.90 Å². The molecule has 0 saturated carbocycles. The van der Waals surface area contributed by atoms with Gasteiger partial charge in [-0.05, 0) is 6.07 Å². The van der Waals surface area contributed by atoms with E-state index in [-0.39, 0.29) is 23.3 Å². The van der Waals surface area contributed by atoms with Crippen molar-refractivity contribution in [3.63, 3.8) is 0 Å². The average molecular weight is 333 g/mol. The monoisotopic (exact) mass is 333 g/mol. The third-order valence-electron chi connectivity index (χ3n) is 4.79. The van der Waals surface area contributed by atoms with Crippen LogP contribution in [0, 0.1) is 5.92 Å². The van der Waals surface area contributed by atoms with Crippen molar-refractivity contribution in [2.75, 3.05) is 46.3 Å². The number of likely N-dealkylation sites (tertiary alicyclic amines) is 1. The Balaban J connectivity index is 1.46. The van der Waals surface area contributed by atoms with E-state index in [0.717, 1.165) is 19.6 Å². The highest BCUT2D eigenvalue weighted by molar-refractivity contribution is 5.89. The van der Waals surface area contributed by atoms with E-state index >= 15 is 0 Å². The molecule has 8 heteroatoms. The summed E-state index contributed by atoms with van der Waals surface area (Å²) in [7, 11) is 1.74. The lowest BCUT2D eigenvalue weighted by Crippen LogP contribution is -2.51. The molecule has 1 aromatic heterocycles. The standard InChI is InChI=1S/C16H23N5O3/c1-18-12-13(11-15(18)23)16(24)20-8-5-19(6-9-20)7-10-21-14(22)3-2-4-17-21/h2-4,13H,5-12H2,1H3. The van der Waals surface area contributed by atoms with Gasteiger partial charge < -0.3 is 9.80 Å². The summed E-state index contributed by atoms with van der Waals surface area (Å²) in [5, 5.41) is 4.05. The van der Waals surface area contributed by atoms with Crippen molar-refractivity contribution in [3.05, 3.63) is 28.7 Å². The van der Waals surface area contributed by atoms with E-state index in [1.54, 1.807) is 24.2 Å². The molecule has 0 spiro atoms. The molecule has 2 aliphatic heterocycles. The first-order valence-electron chi connectivity index (χ1n) is 8.32. The molecule has 3 heterocycles. The van der Waals surface area contributed by atoms with Gasteiger partial charge >= 0.3 is 0 Å². The first-order valence-corrected chi connectivity index (χ1v) is 8.32. The van der Waals surface area contributed by atoms with Gasteiger partial charge in [0.15, 0.2) is 0 Å². The van der Waals surface area contributed by atoms with Crippen molar-refractivity contribution in [1.82, 2.24) is 24.5 Å².